The van der Waals surface area contributed by atoms with Gasteiger partial charge < -0.3 is 4.74 Å². The highest BCUT2D eigenvalue weighted by Crippen LogP contribution is 2.38. The first-order chi connectivity index (χ1) is 17.0. The van der Waals surface area contributed by atoms with Gasteiger partial charge in [-0.2, -0.15) is 0 Å². The lowest BCUT2D eigenvalue weighted by Crippen LogP contribution is -2.13. The van der Waals surface area contributed by atoms with Gasteiger partial charge in [0.1, 0.15) is 5.75 Å². The van der Waals surface area contributed by atoms with Crippen LogP contribution < -0.4 is 10.5 Å². The Hall–Kier alpha value is -3.40. The summed E-state index contributed by atoms with van der Waals surface area (Å²) < 4.78 is 5.39. The van der Waals surface area contributed by atoms with Gasteiger partial charge in [-0.15, -0.1) is 0 Å². The second-order valence-corrected chi connectivity index (χ2v) is 9.66. The summed E-state index contributed by atoms with van der Waals surface area (Å²) in [6.07, 6.45) is 10.8. The lowest BCUT2D eigenvalue weighted by atomic mass is 9.77. The molecule has 3 aromatic carbocycles. The Kier molecular flexibility index (Phi) is 8.36. The molecule has 1 aliphatic rings. The van der Waals surface area contributed by atoms with E-state index < -0.39 is 11.9 Å². The van der Waals surface area contributed by atoms with Crippen LogP contribution in [0.3, 0.4) is 0 Å². The third-order valence-electron chi connectivity index (χ3n) is 7.23. The summed E-state index contributed by atoms with van der Waals surface area (Å²) in [5.74, 6) is 0.722. The molecule has 0 aliphatic heterocycles. The van der Waals surface area contributed by atoms with Crippen molar-refractivity contribution in [3.8, 4) is 16.9 Å². The van der Waals surface area contributed by atoms with E-state index in [1.807, 2.05) is 12.1 Å². The highest BCUT2D eigenvalue weighted by Gasteiger charge is 2.22. The molecule has 0 aromatic heterocycles. The van der Waals surface area contributed by atoms with Crippen LogP contribution >= 0.6 is 0 Å². The molecule has 0 saturated heterocycles. The summed E-state index contributed by atoms with van der Waals surface area (Å²) >= 11 is 0. The van der Waals surface area contributed by atoms with Crippen LogP contribution in [-0.4, -0.2) is 11.9 Å². The largest absolute Gasteiger partial charge is 0.423 e. The summed E-state index contributed by atoms with van der Waals surface area (Å²) in [4.78, 5) is 23.5. The maximum absolute atomic E-state index is 12.5. The number of nitrogens with one attached hydrogen (secondary N) is 1. The molecule has 4 nitrogen and oxygen atoms in total. The van der Waals surface area contributed by atoms with Crippen LogP contribution in [0.1, 0.15) is 90.5 Å². The van der Waals surface area contributed by atoms with Crippen LogP contribution in [0.15, 0.2) is 72.8 Å². The normalized spacial score (nSPS) is 17.6. The van der Waals surface area contributed by atoms with Crippen molar-refractivity contribution in [1.29, 1.82) is 0 Å². The van der Waals surface area contributed by atoms with E-state index in [2.05, 4.69) is 31.2 Å². The molecule has 35 heavy (non-hydrogen) atoms. The summed E-state index contributed by atoms with van der Waals surface area (Å²) in [6.45, 7) is 2.28. The minimum atomic E-state index is -0.767. The zero-order chi connectivity index (χ0) is 24.6. The van der Waals surface area contributed by atoms with E-state index >= 15 is 0 Å². The maximum atomic E-state index is 12.5. The van der Waals surface area contributed by atoms with Crippen molar-refractivity contribution in [3.63, 3.8) is 0 Å². The van der Waals surface area contributed by atoms with E-state index in [9.17, 15) is 9.59 Å². The Bertz CT molecular complexity index is 1110. The second kappa shape index (κ2) is 11.8. The standard InChI is InChI=1S/C31H34NO3/c1-2-3-4-5-22-6-8-23(9-7-22)24-10-12-25(13-11-24)26-14-16-28(17-15-26)31(34)35-29-20-18-27(19-21-29)30(32)33/h10-23,32H,2-9H2,1H3. The predicted molar refractivity (Wildman–Crippen MR) is 140 cm³/mol. The van der Waals surface area contributed by atoms with Crippen LogP contribution in [-0.2, 0) is 0 Å². The molecular weight excluding hydrogens is 434 g/mol. The lowest BCUT2D eigenvalue weighted by molar-refractivity contribution is 0.0734. The van der Waals surface area contributed by atoms with E-state index in [1.165, 1.54) is 81.2 Å². The fourth-order valence-electron chi connectivity index (χ4n) is 5.05. The molecule has 1 radical (unpaired) electrons. The monoisotopic (exact) mass is 468 g/mol. The average molecular weight is 469 g/mol. The van der Waals surface area contributed by atoms with Crippen molar-refractivity contribution < 1.29 is 14.3 Å². The van der Waals surface area contributed by atoms with Crippen molar-refractivity contribution in [3.05, 3.63) is 89.5 Å². The van der Waals surface area contributed by atoms with Crippen LogP contribution in [0.4, 0.5) is 0 Å². The Balaban J connectivity index is 1.32. The minimum absolute atomic E-state index is 0.260. The lowest BCUT2D eigenvalue weighted by Gasteiger charge is -2.29. The van der Waals surface area contributed by atoms with Crippen LogP contribution in [0, 0.1) is 5.92 Å². The van der Waals surface area contributed by atoms with Gasteiger partial charge in [0.2, 0.25) is 0 Å². The Labute approximate surface area is 208 Å². The van der Waals surface area contributed by atoms with Gasteiger partial charge in [-0.25, -0.2) is 4.79 Å². The molecule has 181 valence electrons. The van der Waals surface area contributed by atoms with Crippen molar-refractivity contribution in [2.75, 3.05) is 0 Å². The number of unbranched alkanes of at least 4 members (excludes halogenated alkanes) is 2. The van der Waals surface area contributed by atoms with Gasteiger partial charge in [-0.1, -0.05) is 69.0 Å². The highest BCUT2D eigenvalue weighted by atomic mass is 16.5. The first-order valence-corrected chi connectivity index (χ1v) is 12.8. The molecule has 3 aromatic rings. The first-order valence-electron chi connectivity index (χ1n) is 12.8. The molecule has 0 heterocycles. The molecule has 1 saturated carbocycles. The second-order valence-electron chi connectivity index (χ2n) is 9.66. The van der Waals surface area contributed by atoms with E-state index in [0.29, 0.717) is 17.2 Å². The Morgan fingerprint density at radius 3 is 1.91 bits per heavy atom. The van der Waals surface area contributed by atoms with Gasteiger partial charge in [-0.05, 0) is 90.6 Å². The van der Waals surface area contributed by atoms with Gasteiger partial charge in [0.05, 0.1) is 5.56 Å². The number of ether oxygens (including phenoxy) is 1. The fraction of sp³-hybridized carbons (Fsp3) is 0.355. The SMILES string of the molecule is CCCCCC1CCC(c2ccc(-c3ccc(C(=O)Oc4ccc(C([NH])=O)cc4)cc3)cc2)CC1. The summed E-state index contributed by atoms with van der Waals surface area (Å²) in [5, 5.41) is 0. The quantitative estimate of drug-likeness (QED) is 0.182. The maximum Gasteiger partial charge on any atom is 0.343 e. The van der Waals surface area contributed by atoms with Crippen LogP contribution in [0.5, 0.6) is 5.75 Å². The average Bonchev–Trinajstić information content (AvgIpc) is 2.90. The molecule has 4 rings (SSSR count). The molecule has 4 heteroatoms. The van der Waals surface area contributed by atoms with Gasteiger partial charge in [0, 0.05) is 5.56 Å². The third-order valence-corrected chi connectivity index (χ3v) is 7.23. The van der Waals surface area contributed by atoms with E-state index in [1.54, 1.807) is 12.1 Å². The van der Waals surface area contributed by atoms with Crippen molar-refractivity contribution in [1.82, 2.24) is 5.73 Å². The highest BCUT2D eigenvalue weighted by molar-refractivity contribution is 5.93. The Morgan fingerprint density at radius 2 is 1.34 bits per heavy atom. The molecular formula is C31H34NO3. The molecule has 1 aliphatic carbocycles. The molecule has 0 bridgehead atoms. The number of hydrogen-bond donors (Lipinski definition) is 0. The number of carbonyl (C=O) groups excluding carboxylic acids is 2. The zero-order valence-corrected chi connectivity index (χ0v) is 20.5. The van der Waals surface area contributed by atoms with Crippen molar-refractivity contribution in [2.24, 2.45) is 5.92 Å². The predicted octanol–water partition coefficient (Wildman–Crippen LogP) is 7.85. The number of carbonyl (C=O) groups is 2. The van der Waals surface area contributed by atoms with Crippen LogP contribution in [0.25, 0.3) is 11.1 Å². The zero-order valence-electron chi connectivity index (χ0n) is 20.5. The third kappa shape index (κ3) is 6.60. The fourth-order valence-corrected chi connectivity index (χ4v) is 5.05. The molecule has 0 unspecified atom stereocenters. The van der Waals surface area contributed by atoms with Gasteiger partial charge in [-0.3, -0.25) is 10.5 Å². The number of esters is 1. The van der Waals surface area contributed by atoms with Crippen LogP contribution in [0.2, 0.25) is 0 Å². The Morgan fingerprint density at radius 1 is 0.771 bits per heavy atom. The van der Waals surface area contributed by atoms with Gasteiger partial charge in [0.25, 0.3) is 5.91 Å². The number of rotatable bonds is 9. The van der Waals surface area contributed by atoms with E-state index in [-0.39, 0.29) is 5.56 Å². The molecule has 1 N–H and O–H groups in total. The smallest absolute Gasteiger partial charge is 0.343 e. The van der Waals surface area contributed by atoms with Crippen molar-refractivity contribution in [2.45, 2.75) is 64.2 Å². The number of amides is 1. The molecule has 1 fully saturated rings. The van der Waals surface area contributed by atoms with Crippen molar-refractivity contribution >= 4 is 11.9 Å². The molecule has 1 amide bonds. The minimum Gasteiger partial charge on any atom is -0.423 e. The summed E-state index contributed by atoms with van der Waals surface area (Å²) in [7, 11) is 0. The number of benzene rings is 3. The molecule has 0 spiro atoms. The van der Waals surface area contributed by atoms with Gasteiger partial charge in [0.15, 0.2) is 0 Å². The van der Waals surface area contributed by atoms with E-state index in [0.717, 1.165) is 17.0 Å². The first kappa shape index (κ1) is 24.7. The summed E-state index contributed by atoms with van der Waals surface area (Å²) in [5.41, 5.74) is 11.5. The topological polar surface area (TPSA) is 67.2 Å². The van der Waals surface area contributed by atoms with E-state index in [4.69, 9.17) is 10.5 Å². The van der Waals surface area contributed by atoms with Gasteiger partial charge >= 0.3 is 5.97 Å². The summed E-state index contributed by atoms with van der Waals surface area (Å²) in [6, 6.07) is 22.3. The molecule has 0 atom stereocenters. The number of hydrogen-bond acceptors (Lipinski definition) is 3.